The van der Waals surface area contributed by atoms with E-state index in [2.05, 4.69) is 4.90 Å². The molecule has 4 saturated carbocycles. The van der Waals surface area contributed by atoms with Gasteiger partial charge in [-0.2, -0.15) is 0 Å². The lowest BCUT2D eigenvalue weighted by molar-refractivity contribution is -0.159. The zero-order valence-electron chi connectivity index (χ0n) is 15.6. The SMILES string of the molecule is O=C(N1CCC(Oc2ccc(F)c(F)c2)CC1)C12CC3CC(CC(C3)C1)C2. The Morgan fingerprint density at radius 2 is 1.56 bits per heavy atom. The largest absolute Gasteiger partial charge is 0.490 e. The van der Waals surface area contributed by atoms with Crippen molar-refractivity contribution in [3.8, 4) is 5.75 Å². The minimum Gasteiger partial charge on any atom is -0.490 e. The van der Waals surface area contributed by atoms with Crippen LogP contribution in [0.25, 0.3) is 0 Å². The molecule has 1 aliphatic heterocycles. The summed E-state index contributed by atoms with van der Waals surface area (Å²) in [5, 5.41) is 0. The minimum absolute atomic E-state index is 0.0460. The smallest absolute Gasteiger partial charge is 0.228 e. The van der Waals surface area contributed by atoms with Gasteiger partial charge < -0.3 is 9.64 Å². The summed E-state index contributed by atoms with van der Waals surface area (Å²) in [4.78, 5) is 15.4. The first-order chi connectivity index (χ1) is 13.0. The Morgan fingerprint density at radius 1 is 0.963 bits per heavy atom. The van der Waals surface area contributed by atoms with Gasteiger partial charge in [0.05, 0.1) is 5.41 Å². The van der Waals surface area contributed by atoms with Gasteiger partial charge in [-0.25, -0.2) is 8.78 Å². The van der Waals surface area contributed by atoms with Crippen molar-refractivity contribution in [1.29, 1.82) is 0 Å². The standard InChI is InChI=1S/C22H27F2NO2/c23-19-2-1-18(10-20(19)24)27-17-3-5-25(6-4-17)21(26)22-11-14-7-15(12-22)9-16(8-14)13-22/h1-2,10,14-17H,3-9,11-13H2. The summed E-state index contributed by atoms with van der Waals surface area (Å²) in [5.74, 6) is 1.31. The number of benzene rings is 1. The molecule has 1 aromatic rings. The average Bonchev–Trinajstić information content (AvgIpc) is 2.64. The molecule has 4 aliphatic carbocycles. The fraction of sp³-hybridized carbons (Fsp3) is 0.682. The average molecular weight is 375 g/mol. The molecule has 0 N–H and O–H groups in total. The highest BCUT2D eigenvalue weighted by atomic mass is 19.2. The van der Waals surface area contributed by atoms with Crippen LogP contribution in [0, 0.1) is 34.8 Å². The van der Waals surface area contributed by atoms with Crippen LogP contribution in [0.4, 0.5) is 8.78 Å². The molecule has 3 nitrogen and oxygen atoms in total. The summed E-state index contributed by atoms with van der Waals surface area (Å²) < 4.78 is 32.2. The molecule has 4 bridgehead atoms. The summed E-state index contributed by atoms with van der Waals surface area (Å²) in [6.07, 6.45) is 8.78. The Morgan fingerprint density at radius 3 is 2.11 bits per heavy atom. The summed E-state index contributed by atoms with van der Waals surface area (Å²) in [6.45, 7) is 1.41. The fourth-order valence-corrected chi connectivity index (χ4v) is 6.63. The van der Waals surface area contributed by atoms with Crippen LogP contribution in [-0.2, 0) is 4.79 Å². The summed E-state index contributed by atoms with van der Waals surface area (Å²) in [5.41, 5.74) is -0.0808. The first-order valence-electron chi connectivity index (χ1n) is 10.4. The summed E-state index contributed by atoms with van der Waals surface area (Å²) >= 11 is 0. The van der Waals surface area contributed by atoms with Crippen LogP contribution < -0.4 is 4.74 Å². The van der Waals surface area contributed by atoms with Crippen molar-refractivity contribution in [3.63, 3.8) is 0 Å². The third kappa shape index (κ3) is 3.13. The Labute approximate surface area is 159 Å². The number of halogens is 2. The molecule has 6 rings (SSSR count). The molecular weight excluding hydrogens is 348 g/mol. The zero-order valence-corrected chi connectivity index (χ0v) is 15.6. The second-order valence-corrected chi connectivity index (χ2v) is 9.38. The quantitative estimate of drug-likeness (QED) is 0.776. The van der Waals surface area contributed by atoms with Gasteiger partial charge in [0.1, 0.15) is 11.9 Å². The zero-order chi connectivity index (χ0) is 18.6. The predicted octanol–water partition coefficient (Wildman–Crippen LogP) is 4.55. The summed E-state index contributed by atoms with van der Waals surface area (Å²) in [7, 11) is 0. The number of hydrogen-bond donors (Lipinski definition) is 0. The second-order valence-electron chi connectivity index (χ2n) is 9.38. The molecule has 5 heteroatoms. The Hall–Kier alpha value is -1.65. The van der Waals surface area contributed by atoms with E-state index >= 15 is 0 Å². The van der Waals surface area contributed by atoms with Gasteiger partial charge in [-0.3, -0.25) is 4.79 Å². The van der Waals surface area contributed by atoms with E-state index in [9.17, 15) is 13.6 Å². The molecule has 0 aromatic heterocycles. The maximum atomic E-state index is 13.4. The topological polar surface area (TPSA) is 29.5 Å². The third-order valence-corrected chi connectivity index (χ3v) is 7.41. The number of amides is 1. The molecule has 0 radical (unpaired) electrons. The molecule has 1 amide bonds. The van der Waals surface area contributed by atoms with Crippen molar-refractivity contribution >= 4 is 5.91 Å². The Kier molecular flexibility index (Phi) is 4.17. The molecule has 1 saturated heterocycles. The van der Waals surface area contributed by atoms with E-state index in [0.717, 1.165) is 62.0 Å². The highest BCUT2D eigenvalue weighted by Crippen LogP contribution is 2.60. The van der Waals surface area contributed by atoms with Gasteiger partial charge in [0.15, 0.2) is 11.6 Å². The highest BCUT2D eigenvalue weighted by Gasteiger charge is 2.55. The molecule has 27 heavy (non-hydrogen) atoms. The highest BCUT2D eigenvalue weighted by molar-refractivity contribution is 5.83. The van der Waals surface area contributed by atoms with Gasteiger partial charge in [0.2, 0.25) is 5.91 Å². The number of ether oxygens (including phenoxy) is 1. The summed E-state index contributed by atoms with van der Waals surface area (Å²) in [6, 6.07) is 3.66. The van der Waals surface area contributed by atoms with E-state index in [1.165, 1.54) is 25.3 Å². The Balaban J connectivity index is 1.20. The molecule has 0 atom stereocenters. The van der Waals surface area contributed by atoms with Crippen LogP contribution in [0.3, 0.4) is 0 Å². The van der Waals surface area contributed by atoms with Crippen LogP contribution >= 0.6 is 0 Å². The van der Waals surface area contributed by atoms with Crippen LogP contribution in [0.2, 0.25) is 0 Å². The van der Waals surface area contributed by atoms with Crippen molar-refractivity contribution in [2.24, 2.45) is 23.2 Å². The van der Waals surface area contributed by atoms with Crippen LogP contribution in [0.5, 0.6) is 5.75 Å². The lowest BCUT2D eigenvalue weighted by atomic mass is 9.49. The minimum atomic E-state index is -0.887. The lowest BCUT2D eigenvalue weighted by Crippen LogP contribution is -2.56. The third-order valence-electron chi connectivity index (χ3n) is 7.41. The van der Waals surface area contributed by atoms with Gasteiger partial charge in [-0.1, -0.05) is 0 Å². The Bertz CT molecular complexity index is 707. The van der Waals surface area contributed by atoms with E-state index in [-0.39, 0.29) is 11.5 Å². The number of likely N-dealkylation sites (tertiary alicyclic amines) is 1. The van der Waals surface area contributed by atoms with Crippen molar-refractivity contribution in [3.05, 3.63) is 29.8 Å². The van der Waals surface area contributed by atoms with Gasteiger partial charge in [0, 0.05) is 32.0 Å². The number of piperidine rings is 1. The van der Waals surface area contributed by atoms with E-state index in [0.29, 0.717) is 24.7 Å². The van der Waals surface area contributed by atoms with Gasteiger partial charge >= 0.3 is 0 Å². The van der Waals surface area contributed by atoms with Crippen molar-refractivity contribution in [2.75, 3.05) is 13.1 Å². The van der Waals surface area contributed by atoms with Crippen LogP contribution in [0.15, 0.2) is 18.2 Å². The number of nitrogens with zero attached hydrogens (tertiary/aromatic N) is 1. The molecule has 1 aromatic carbocycles. The van der Waals surface area contributed by atoms with E-state index in [1.54, 1.807) is 0 Å². The first kappa shape index (κ1) is 17.4. The monoisotopic (exact) mass is 375 g/mol. The van der Waals surface area contributed by atoms with Crippen molar-refractivity contribution in [1.82, 2.24) is 4.90 Å². The molecule has 5 aliphatic rings. The molecule has 5 fully saturated rings. The lowest BCUT2D eigenvalue weighted by Gasteiger charge is -2.57. The molecule has 1 heterocycles. The number of carbonyl (C=O) groups excluding carboxylic acids is 1. The number of carbonyl (C=O) groups is 1. The molecular formula is C22H27F2NO2. The van der Waals surface area contributed by atoms with Gasteiger partial charge in [-0.15, -0.1) is 0 Å². The number of hydrogen-bond acceptors (Lipinski definition) is 2. The second kappa shape index (κ2) is 6.46. The van der Waals surface area contributed by atoms with Crippen molar-refractivity contribution in [2.45, 2.75) is 57.5 Å². The number of rotatable bonds is 3. The maximum absolute atomic E-state index is 13.4. The van der Waals surface area contributed by atoms with Gasteiger partial charge in [0.25, 0.3) is 0 Å². The van der Waals surface area contributed by atoms with Crippen LogP contribution in [-0.4, -0.2) is 30.0 Å². The van der Waals surface area contributed by atoms with E-state index in [4.69, 9.17) is 4.74 Å². The molecule has 146 valence electrons. The molecule has 0 unspecified atom stereocenters. The van der Waals surface area contributed by atoms with E-state index in [1.807, 2.05) is 0 Å². The normalized spacial score (nSPS) is 35.5. The first-order valence-corrected chi connectivity index (χ1v) is 10.4. The van der Waals surface area contributed by atoms with Crippen LogP contribution in [0.1, 0.15) is 51.4 Å². The maximum Gasteiger partial charge on any atom is 0.228 e. The van der Waals surface area contributed by atoms with Crippen molar-refractivity contribution < 1.29 is 18.3 Å². The predicted molar refractivity (Wildman–Crippen MR) is 97.2 cm³/mol. The van der Waals surface area contributed by atoms with E-state index < -0.39 is 11.6 Å². The van der Waals surface area contributed by atoms with Gasteiger partial charge in [-0.05, 0) is 68.4 Å². The fourth-order valence-electron chi connectivity index (χ4n) is 6.63. The molecule has 0 spiro atoms.